The fourth-order valence-electron chi connectivity index (χ4n) is 2.84. The van der Waals surface area contributed by atoms with Crippen LogP contribution in [-0.4, -0.2) is 18.6 Å². The number of fused-ring (bicyclic) bond motifs is 1. The van der Waals surface area contributed by atoms with Crippen LogP contribution in [0.3, 0.4) is 0 Å². The number of hydrogen-bond acceptors (Lipinski definition) is 3. The third kappa shape index (κ3) is 2.87. The summed E-state index contributed by atoms with van der Waals surface area (Å²) in [6.07, 6.45) is 3.94. The van der Waals surface area contributed by atoms with Crippen molar-refractivity contribution in [1.29, 1.82) is 0 Å². The molecule has 0 saturated carbocycles. The summed E-state index contributed by atoms with van der Waals surface area (Å²) in [4.78, 5) is 4.26. The molecule has 0 spiro atoms. The minimum absolute atomic E-state index is 0.229. The van der Waals surface area contributed by atoms with E-state index < -0.39 is 0 Å². The van der Waals surface area contributed by atoms with E-state index in [9.17, 15) is 0 Å². The van der Waals surface area contributed by atoms with Crippen molar-refractivity contribution < 1.29 is 4.74 Å². The molecular formula is C18H22N2O. The van der Waals surface area contributed by atoms with Gasteiger partial charge in [0.05, 0.1) is 7.11 Å². The second kappa shape index (κ2) is 5.40. The monoisotopic (exact) mass is 282 g/mol. The first-order valence-electron chi connectivity index (χ1n) is 7.45. The SMILES string of the molecule is COc1ccc(CCc2ccc3c(c2)C(C)(C)CN3)cn1. The van der Waals surface area contributed by atoms with Gasteiger partial charge in [0.15, 0.2) is 0 Å². The second-order valence-corrected chi connectivity index (χ2v) is 6.33. The maximum atomic E-state index is 5.09. The number of nitrogens with one attached hydrogen (secondary N) is 1. The van der Waals surface area contributed by atoms with E-state index in [1.807, 2.05) is 12.3 Å². The predicted octanol–water partition coefficient (Wildman–Crippen LogP) is 3.58. The maximum absolute atomic E-state index is 5.09. The molecule has 0 aliphatic carbocycles. The Morgan fingerprint density at radius 3 is 2.62 bits per heavy atom. The average molecular weight is 282 g/mol. The lowest BCUT2D eigenvalue weighted by atomic mass is 9.85. The highest BCUT2D eigenvalue weighted by Gasteiger charge is 2.29. The number of methoxy groups -OCH3 is 1. The maximum Gasteiger partial charge on any atom is 0.212 e. The van der Waals surface area contributed by atoms with Crippen molar-refractivity contribution in [2.24, 2.45) is 0 Å². The van der Waals surface area contributed by atoms with Crippen LogP contribution in [0.25, 0.3) is 0 Å². The summed E-state index contributed by atoms with van der Waals surface area (Å²) in [5, 5.41) is 3.48. The van der Waals surface area contributed by atoms with Crippen molar-refractivity contribution in [3.63, 3.8) is 0 Å². The Kier molecular flexibility index (Phi) is 3.58. The standard InChI is InChI=1S/C18H22N2O/c1-18(2)12-20-16-8-6-13(10-15(16)18)4-5-14-7-9-17(21-3)19-11-14/h6-11,20H,4-5,12H2,1-3H3. The Hall–Kier alpha value is -2.03. The summed E-state index contributed by atoms with van der Waals surface area (Å²) >= 11 is 0. The summed E-state index contributed by atoms with van der Waals surface area (Å²) in [6, 6.07) is 10.8. The fraction of sp³-hybridized carbons (Fsp3) is 0.389. The van der Waals surface area contributed by atoms with Crippen LogP contribution >= 0.6 is 0 Å². The minimum Gasteiger partial charge on any atom is -0.481 e. The number of aromatic nitrogens is 1. The van der Waals surface area contributed by atoms with E-state index in [-0.39, 0.29) is 5.41 Å². The molecule has 0 bridgehead atoms. The van der Waals surface area contributed by atoms with Crippen molar-refractivity contribution in [3.05, 3.63) is 53.2 Å². The smallest absolute Gasteiger partial charge is 0.212 e. The Labute approximate surface area is 126 Å². The topological polar surface area (TPSA) is 34.1 Å². The van der Waals surface area contributed by atoms with Gasteiger partial charge in [-0.15, -0.1) is 0 Å². The van der Waals surface area contributed by atoms with Crippen molar-refractivity contribution in [2.45, 2.75) is 32.1 Å². The zero-order valence-corrected chi connectivity index (χ0v) is 12.9. The molecule has 0 atom stereocenters. The number of nitrogens with zero attached hydrogens (tertiary/aromatic N) is 1. The largest absolute Gasteiger partial charge is 0.481 e. The summed E-state index contributed by atoms with van der Waals surface area (Å²) in [7, 11) is 1.64. The number of rotatable bonds is 4. The molecule has 1 aromatic carbocycles. The number of aryl methyl sites for hydroxylation is 2. The number of pyridine rings is 1. The molecule has 0 saturated heterocycles. The van der Waals surface area contributed by atoms with Crippen LogP contribution in [0, 0.1) is 0 Å². The van der Waals surface area contributed by atoms with Crippen LogP contribution in [0.5, 0.6) is 5.88 Å². The number of benzene rings is 1. The van der Waals surface area contributed by atoms with E-state index in [0.29, 0.717) is 5.88 Å². The Morgan fingerprint density at radius 1 is 1.14 bits per heavy atom. The lowest BCUT2D eigenvalue weighted by Crippen LogP contribution is -2.19. The normalized spacial score (nSPS) is 15.4. The molecule has 1 aromatic heterocycles. The van der Waals surface area contributed by atoms with E-state index in [1.54, 1.807) is 7.11 Å². The summed E-state index contributed by atoms with van der Waals surface area (Å²) in [6.45, 7) is 5.61. The van der Waals surface area contributed by atoms with Crippen LogP contribution in [0.15, 0.2) is 36.5 Å². The first kappa shape index (κ1) is 13.9. The van der Waals surface area contributed by atoms with E-state index in [4.69, 9.17) is 4.74 Å². The van der Waals surface area contributed by atoms with E-state index in [1.165, 1.54) is 22.4 Å². The highest BCUT2D eigenvalue weighted by atomic mass is 16.5. The molecule has 0 fully saturated rings. The summed E-state index contributed by atoms with van der Waals surface area (Å²) in [5.41, 5.74) is 5.59. The van der Waals surface area contributed by atoms with Crippen LogP contribution in [-0.2, 0) is 18.3 Å². The highest BCUT2D eigenvalue weighted by Crippen LogP contribution is 2.36. The third-order valence-electron chi connectivity index (χ3n) is 4.24. The molecule has 1 N–H and O–H groups in total. The molecule has 3 nitrogen and oxygen atoms in total. The van der Waals surface area contributed by atoms with Gasteiger partial charge in [-0.25, -0.2) is 4.98 Å². The zero-order valence-electron chi connectivity index (χ0n) is 12.9. The molecule has 1 aliphatic rings. The molecule has 3 heteroatoms. The molecular weight excluding hydrogens is 260 g/mol. The van der Waals surface area contributed by atoms with Gasteiger partial charge in [-0.1, -0.05) is 32.0 Å². The molecule has 2 heterocycles. The Balaban J connectivity index is 1.71. The van der Waals surface area contributed by atoms with Crippen molar-refractivity contribution in [2.75, 3.05) is 19.0 Å². The van der Waals surface area contributed by atoms with Gasteiger partial charge >= 0.3 is 0 Å². The quantitative estimate of drug-likeness (QED) is 0.930. The molecule has 110 valence electrons. The molecule has 0 amide bonds. The lowest BCUT2D eigenvalue weighted by Gasteiger charge is -2.17. The van der Waals surface area contributed by atoms with Crippen molar-refractivity contribution in [3.8, 4) is 5.88 Å². The van der Waals surface area contributed by atoms with Crippen LogP contribution < -0.4 is 10.1 Å². The summed E-state index contributed by atoms with van der Waals surface area (Å²) < 4.78 is 5.09. The Bertz CT molecular complexity index is 632. The molecule has 3 rings (SSSR count). The average Bonchev–Trinajstić information content (AvgIpc) is 2.81. The molecule has 21 heavy (non-hydrogen) atoms. The van der Waals surface area contributed by atoms with Gasteiger partial charge in [0.2, 0.25) is 5.88 Å². The van der Waals surface area contributed by atoms with Gasteiger partial charge in [0.1, 0.15) is 0 Å². The highest BCUT2D eigenvalue weighted by molar-refractivity contribution is 5.60. The number of anilines is 1. The van der Waals surface area contributed by atoms with Gasteiger partial charge in [0, 0.05) is 29.9 Å². The lowest BCUT2D eigenvalue weighted by molar-refractivity contribution is 0.397. The van der Waals surface area contributed by atoms with Crippen molar-refractivity contribution in [1.82, 2.24) is 4.98 Å². The van der Waals surface area contributed by atoms with Crippen LogP contribution in [0.1, 0.15) is 30.5 Å². The minimum atomic E-state index is 0.229. The first-order valence-corrected chi connectivity index (χ1v) is 7.45. The summed E-state index contributed by atoms with van der Waals surface area (Å²) in [5.74, 6) is 0.670. The Morgan fingerprint density at radius 2 is 1.90 bits per heavy atom. The molecule has 2 aromatic rings. The first-order chi connectivity index (χ1) is 10.1. The molecule has 0 radical (unpaired) electrons. The fourth-order valence-corrected chi connectivity index (χ4v) is 2.84. The number of ether oxygens (including phenoxy) is 1. The second-order valence-electron chi connectivity index (χ2n) is 6.33. The van der Waals surface area contributed by atoms with Gasteiger partial charge in [-0.2, -0.15) is 0 Å². The predicted molar refractivity (Wildman–Crippen MR) is 86.2 cm³/mol. The van der Waals surface area contributed by atoms with Gasteiger partial charge in [-0.3, -0.25) is 0 Å². The van der Waals surface area contributed by atoms with Gasteiger partial charge in [0.25, 0.3) is 0 Å². The third-order valence-corrected chi connectivity index (χ3v) is 4.24. The van der Waals surface area contributed by atoms with Crippen LogP contribution in [0.4, 0.5) is 5.69 Å². The van der Waals surface area contributed by atoms with E-state index in [0.717, 1.165) is 19.4 Å². The van der Waals surface area contributed by atoms with Crippen molar-refractivity contribution >= 4 is 5.69 Å². The number of hydrogen-bond donors (Lipinski definition) is 1. The van der Waals surface area contributed by atoms with E-state index in [2.05, 4.69) is 48.4 Å². The zero-order chi connectivity index (χ0) is 14.9. The van der Waals surface area contributed by atoms with Gasteiger partial charge < -0.3 is 10.1 Å². The molecule has 0 unspecified atom stereocenters. The van der Waals surface area contributed by atoms with Gasteiger partial charge in [-0.05, 0) is 35.6 Å². The van der Waals surface area contributed by atoms with E-state index >= 15 is 0 Å². The molecule has 1 aliphatic heterocycles. The van der Waals surface area contributed by atoms with Crippen LogP contribution in [0.2, 0.25) is 0 Å².